The average Bonchev–Trinajstić information content (AvgIpc) is 2.15. The van der Waals surface area contributed by atoms with Crippen LogP contribution in [0.4, 0.5) is 14.5 Å². The monoisotopic (exact) mass is 272 g/mol. The lowest BCUT2D eigenvalue weighted by atomic mass is 10.2. The molecule has 0 aliphatic rings. The summed E-state index contributed by atoms with van der Waals surface area (Å²) in [4.78, 5) is 3.40. The summed E-state index contributed by atoms with van der Waals surface area (Å²) >= 11 is 0. The van der Waals surface area contributed by atoms with Gasteiger partial charge in [0.05, 0.1) is 7.11 Å². The van der Waals surface area contributed by atoms with E-state index < -0.39 is 37.6 Å². The van der Waals surface area contributed by atoms with Gasteiger partial charge in [-0.2, -0.15) is 4.98 Å². The molecule has 0 atom stereocenters. The van der Waals surface area contributed by atoms with Crippen LogP contribution in [0.3, 0.4) is 0 Å². The molecule has 0 aliphatic heterocycles. The summed E-state index contributed by atoms with van der Waals surface area (Å²) in [6.07, 6.45) is -2.95. The van der Waals surface area contributed by atoms with E-state index in [2.05, 4.69) is 9.72 Å². The van der Waals surface area contributed by atoms with E-state index >= 15 is 0 Å². The summed E-state index contributed by atoms with van der Waals surface area (Å²) < 4.78 is 51.5. The van der Waals surface area contributed by atoms with Gasteiger partial charge in [0.1, 0.15) is 5.69 Å². The molecule has 0 saturated carbocycles. The highest BCUT2D eigenvalue weighted by molar-refractivity contribution is 8.13. The number of aromatic nitrogens is 1. The summed E-state index contributed by atoms with van der Waals surface area (Å²) in [7, 11) is 1.89. The number of halogens is 3. The number of nitrogens with two attached hydrogens (primary N) is 1. The molecule has 90 valence electrons. The molecule has 0 fully saturated rings. The lowest BCUT2D eigenvalue weighted by molar-refractivity contribution is 0.151. The van der Waals surface area contributed by atoms with E-state index in [1.807, 2.05) is 0 Å². The van der Waals surface area contributed by atoms with Gasteiger partial charge in [0.2, 0.25) is 5.88 Å². The van der Waals surface area contributed by atoms with Crippen molar-refractivity contribution in [3.63, 3.8) is 0 Å². The van der Waals surface area contributed by atoms with Crippen molar-refractivity contribution < 1.29 is 21.9 Å². The Morgan fingerprint density at radius 1 is 1.56 bits per heavy atom. The summed E-state index contributed by atoms with van der Waals surface area (Å²) in [6.45, 7) is 0. The van der Waals surface area contributed by atoms with E-state index in [0.29, 0.717) is 6.07 Å². The van der Waals surface area contributed by atoms with Gasteiger partial charge in [-0.3, -0.25) is 0 Å². The number of hydrogen-bond donors (Lipinski definition) is 1. The third-order valence-electron chi connectivity index (χ3n) is 1.71. The van der Waals surface area contributed by atoms with Crippen LogP contribution in [0, 0.1) is 0 Å². The molecule has 1 rings (SSSR count). The van der Waals surface area contributed by atoms with Gasteiger partial charge in [-0.15, -0.1) is 0 Å². The number of anilines is 1. The summed E-state index contributed by atoms with van der Waals surface area (Å²) in [5.74, 6) is -0.406. The number of methoxy groups -OCH3 is 1. The number of nitrogens with zero attached hydrogens (tertiary/aromatic N) is 1. The second-order valence-corrected chi connectivity index (χ2v) is 5.22. The number of pyridine rings is 1. The molecule has 9 heteroatoms. The SMILES string of the molecule is COc1nc(S(=O)(=O)Cl)cc(C(F)F)c1N. The van der Waals surface area contributed by atoms with Crippen LogP contribution in [0.25, 0.3) is 0 Å². The molecule has 0 spiro atoms. The van der Waals surface area contributed by atoms with Crippen LogP contribution in [0.5, 0.6) is 5.88 Å². The first-order valence-electron chi connectivity index (χ1n) is 3.84. The highest BCUT2D eigenvalue weighted by Gasteiger charge is 2.22. The molecule has 0 aromatic carbocycles. The Morgan fingerprint density at radius 2 is 2.12 bits per heavy atom. The minimum absolute atomic E-state index is 0.406. The third-order valence-corrected chi connectivity index (χ3v) is 2.89. The van der Waals surface area contributed by atoms with E-state index in [0.717, 1.165) is 7.11 Å². The van der Waals surface area contributed by atoms with Gasteiger partial charge in [-0.25, -0.2) is 17.2 Å². The fourth-order valence-electron chi connectivity index (χ4n) is 0.988. The van der Waals surface area contributed by atoms with Crippen molar-refractivity contribution in [2.75, 3.05) is 12.8 Å². The molecule has 0 aliphatic carbocycles. The number of rotatable bonds is 3. The quantitative estimate of drug-likeness (QED) is 0.844. The molecule has 5 nitrogen and oxygen atoms in total. The molecule has 0 radical (unpaired) electrons. The second kappa shape index (κ2) is 4.38. The molecule has 1 heterocycles. The predicted octanol–water partition coefficient (Wildman–Crippen LogP) is 1.54. The van der Waals surface area contributed by atoms with Crippen LogP contribution in [0.2, 0.25) is 0 Å². The molecule has 0 bridgehead atoms. The van der Waals surface area contributed by atoms with Crippen LogP contribution in [0.15, 0.2) is 11.1 Å². The summed E-state index contributed by atoms with van der Waals surface area (Å²) in [6, 6.07) is 0.616. The maximum absolute atomic E-state index is 12.5. The van der Waals surface area contributed by atoms with Gasteiger partial charge < -0.3 is 10.5 Å². The highest BCUT2D eigenvalue weighted by Crippen LogP contribution is 2.33. The van der Waals surface area contributed by atoms with Crippen LogP contribution < -0.4 is 10.5 Å². The predicted molar refractivity (Wildman–Crippen MR) is 53.2 cm³/mol. The average molecular weight is 273 g/mol. The minimum Gasteiger partial charge on any atom is -0.479 e. The van der Waals surface area contributed by atoms with Gasteiger partial charge in [0.15, 0.2) is 5.03 Å². The zero-order chi connectivity index (χ0) is 12.5. The van der Waals surface area contributed by atoms with Crippen molar-refractivity contribution in [2.45, 2.75) is 11.5 Å². The van der Waals surface area contributed by atoms with Gasteiger partial charge in [0, 0.05) is 16.2 Å². The van der Waals surface area contributed by atoms with Gasteiger partial charge >= 0.3 is 0 Å². The molecule has 0 amide bonds. The first-order chi connectivity index (χ1) is 7.27. The number of alkyl halides is 2. The van der Waals surface area contributed by atoms with E-state index in [1.165, 1.54) is 0 Å². The van der Waals surface area contributed by atoms with Crippen molar-refractivity contribution in [3.05, 3.63) is 11.6 Å². The highest BCUT2D eigenvalue weighted by atomic mass is 35.7. The van der Waals surface area contributed by atoms with E-state index in [1.54, 1.807) is 0 Å². The third kappa shape index (κ3) is 2.50. The first kappa shape index (κ1) is 12.9. The normalized spacial score (nSPS) is 11.8. The van der Waals surface area contributed by atoms with Crippen molar-refractivity contribution in [1.82, 2.24) is 4.98 Å². The van der Waals surface area contributed by atoms with Crippen molar-refractivity contribution in [2.24, 2.45) is 0 Å². The summed E-state index contributed by atoms with van der Waals surface area (Å²) in [5.41, 5.74) is 4.20. The second-order valence-electron chi connectivity index (χ2n) is 2.71. The lowest BCUT2D eigenvalue weighted by Gasteiger charge is -2.09. The largest absolute Gasteiger partial charge is 0.479 e. The Hall–Kier alpha value is -1.15. The molecule has 1 aromatic heterocycles. The summed E-state index contributed by atoms with van der Waals surface area (Å²) in [5, 5.41) is -0.726. The molecule has 0 unspecified atom stereocenters. The standard InChI is InChI=1S/C7H7ClF2N2O3S/c1-15-7-5(11)3(6(9)10)2-4(12-7)16(8,13)14/h2,6H,11H2,1H3. The molecular weight excluding hydrogens is 266 g/mol. The van der Waals surface area contributed by atoms with Crippen LogP contribution in [-0.4, -0.2) is 20.5 Å². The Morgan fingerprint density at radius 3 is 2.50 bits per heavy atom. The fraction of sp³-hybridized carbons (Fsp3) is 0.286. The maximum Gasteiger partial charge on any atom is 0.278 e. The number of hydrogen-bond acceptors (Lipinski definition) is 5. The zero-order valence-corrected chi connectivity index (χ0v) is 9.52. The van der Waals surface area contributed by atoms with Crippen LogP contribution in [-0.2, 0) is 9.05 Å². The molecule has 1 aromatic rings. The number of nitrogen functional groups attached to an aromatic ring is 1. The molecule has 0 saturated heterocycles. The topological polar surface area (TPSA) is 82.3 Å². The van der Waals surface area contributed by atoms with E-state index in [-0.39, 0.29) is 0 Å². The van der Waals surface area contributed by atoms with Gasteiger partial charge in [0.25, 0.3) is 15.5 Å². The Kier molecular flexibility index (Phi) is 3.54. The smallest absolute Gasteiger partial charge is 0.278 e. The van der Waals surface area contributed by atoms with Crippen LogP contribution >= 0.6 is 10.7 Å². The molecule has 2 N–H and O–H groups in total. The van der Waals surface area contributed by atoms with Crippen molar-refractivity contribution in [3.8, 4) is 5.88 Å². The van der Waals surface area contributed by atoms with E-state index in [4.69, 9.17) is 16.4 Å². The Balaban J connectivity index is 3.53. The number of ether oxygens (including phenoxy) is 1. The molecular formula is C7H7ClF2N2O3S. The zero-order valence-electron chi connectivity index (χ0n) is 7.95. The fourth-order valence-corrected chi connectivity index (χ4v) is 1.68. The van der Waals surface area contributed by atoms with Crippen molar-refractivity contribution >= 4 is 25.4 Å². The van der Waals surface area contributed by atoms with Gasteiger partial charge in [-0.1, -0.05) is 0 Å². The lowest BCUT2D eigenvalue weighted by Crippen LogP contribution is -2.05. The van der Waals surface area contributed by atoms with Crippen LogP contribution in [0.1, 0.15) is 12.0 Å². The first-order valence-corrected chi connectivity index (χ1v) is 6.15. The molecule has 16 heavy (non-hydrogen) atoms. The maximum atomic E-state index is 12.5. The minimum atomic E-state index is -4.22. The van der Waals surface area contributed by atoms with Gasteiger partial charge in [-0.05, 0) is 6.07 Å². The van der Waals surface area contributed by atoms with E-state index in [9.17, 15) is 17.2 Å². The Labute approximate surface area is 94.6 Å². The Bertz CT molecular complexity index is 507. The van der Waals surface area contributed by atoms with Crippen molar-refractivity contribution in [1.29, 1.82) is 0 Å².